The average molecular weight is 310 g/mol. The third kappa shape index (κ3) is 1.73. The lowest BCUT2D eigenvalue weighted by Gasteiger charge is -2.16. The Hall–Kier alpha value is -2.67. The molecule has 0 N–H and O–H groups in total. The van der Waals surface area contributed by atoms with Gasteiger partial charge in [0.15, 0.2) is 5.78 Å². The Morgan fingerprint density at radius 2 is 1.42 bits per heavy atom. The van der Waals surface area contributed by atoms with Crippen LogP contribution in [0.2, 0.25) is 0 Å². The Morgan fingerprint density at radius 3 is 2.17 bits per heavy atom. The fourth-order valence-corrected chi connectivity index (χ4v) is 4.81. The highest BCUT2D eigenvalue weighted by molar-refractivity contribution is 6.03. The second kappa shape index (κ2) is 4.91. The van der Waals surface area contributed by atoms with Gasteiger partial charge in [0.1, 0.15) is 0 Å². The van der Waals surface area contributed by atoms with Gasteiger partial charge in [-0.25, -0.2) is 0 Å². The standard InChI is InChI=1S/C23H18O/c24-22(16-9-3-1-4-10-16)21-20-19-14-8-7-11-17(19)15-23(20,21)18-12-5-2-6-13-18/h1-14,20-21H,15H2/t20-,21+,23+/m0/s1. The highest BCUT2D eigenvalue weighted by atomic mass is 16.1. The van der Waals surface area contributed by atoms with E-state index in [0.29, 0.717) is 11.7 Å². The first-order valence-corrected chi connectivity index (χ1v) is 8.55. The zero-order valence-corrected chi connectivity index (χ0v) is 13.4. The summed E-state index contributed by atoms with van der Waals surface area (Å²) in [4.78, 5) is 13.2. The number of carbonyl (C=O) groups is 1. The van der Waals surface area contributed by atoms with Crippen molar-refractivity contribution >= 4 is 5.78 Å². The van der Waals surface area contributed by atoms with Crippen LogP contribution in [0.5, 0.6) is 0 Å². The maximum Gasteiger partial charge on any atom is 0.167 e. The Kier molecular flexibility index (Phi) is 2.81. The van der Waals surface area contributed by atoms with Gasteiger partial charge >= 0.3 is 0 Å². The zero-order chi connectivity index (χ0) is 16.1. The Bertz CT molecular complexity index is 913. The topological polar surface area (TPSA) is 17.1 Å². The van der Waals surface area contributed by atoms with Gasteiger partial charge < -0.3 is 0 Å². The molecule has 1 heteroatoms. The number of carbonyl (C=O) groups excluding carboxylic acids is 1. The molecule has 0 radical (unpaired) electrons. The molecule has 0 heterocycles. The fraction of sp³-hybridized carbons (Fsp3) is 0.174. The van der Waals surface area contributed by atoms with Crippen LogP contribution in [0.25, 0.3) is 0 Å². The van der Waals surface area contributed by atoms with Crippen LogP contribution in [0.3, 0.4) is 0 Å². The molecule has 3 atom stereocenters. The van der Waals surface area contributed by atoms with E-state index in [2.05, 4.69) is 48.5 Å². The molecule has 2 aliphatic carbocycles. The minimum Gasteiger partial charge on any atom is -0.294 e. The van der Waals surface area contributed by atoms with Crippen molar-refractivity contribution in [1.82, 2.24) is 0 Å². The van der Waals surface area contributed by atoms with Crippen LogP contribution >= 0.6 is 0 Å². The first-order valence-electron chi connectivity index (χ1n) is 8.55. The predicted molar refractivity (Wildman–Crippen MR) is 95.3 cm³/mol. The summed E-state index contributed by atoms with van der Waals surface area (Å²) in [6.45, 7) is 0. The average Bonchev–Trinajstić information content (AvgIpc) is 3.20. The lowest BCUT2D eigenvalue weighted by molar-refractivity contribution is 0.0954. The van der Waals surface area contributed by atoms with E-state index in [1.54, 1.807) is 0 Å². The quantitative estimate of drug-likeness (QED) is 0.636. The number of rotatable bonds is 3. The smallest absolute Gasteiger partial charge is 0.167 e. The molecule has 1 nitrogen and oxygen atoms in total. The summed E-state index contributed by atoms with van der Waals surface area (Å²) < 4.78 is 0. The van der Waals surface area contributed by atoms with Crippen molar-refractivity contribution in [2.45, 2.75) is 17.8 Å². The maximum absolute atomic E-state index is 13.2. The molecule has 116 valence electrons. The summed E-state index contributed by atoms with van der Waals surface area (Å²) >= 11 is 0. The highest BCUT2D eigenvalue weighted by Gasteiger charge is 2.71. The van der Waals surface area contributed by atoms with Crippen LogP contribution < -0.4 is 0 Å². The number of Topliss-reactive ketones (excluding diaryl/α,β-unsaturated/α-hetero) is 1. The second-order valence-electron chi connectivity index (χ2n) is 6.97. The van der Waals surface area contributed by atoms with Gasteiger partial charge in [0.05, 0.1) is 0 Å². The molecular formula is C23H18O. The fourth-order valence-electron chi connectivity index (χ4n) is 4.81. The van der Waals surface area contributed by atoms with Crippen LogP contribution in [0, 0.1) is 5.92 Å². The van der Waals surface area contributed by atoms with Crippen molar-refractivity contribution in [3.05, 3.63) is 107 Å². The SMILES string of the molecule is O=C(c1ccccc1)[C@H]1[C@@H]2c3ccccc3C[C@]12c1ccccc1. The molecule has 1 saturated carbocycles. The molecule has 3 aromatic rings. The van der Waals surface area contributed by atoms with Crippen LogP contribution in [0.15, 0.2) is 84.9 Å². The first-order chi connectivity index (χ1) is 11.8. The van der Waals surface area contributed by atoms with E-state index < -0.39 is 0 Å². The number of hydrogen-bond acceptors (Lipinski definition) is 1. The summed E-state index contributed by atoms with van der Waals surface area (Å²) in [5, 5.41) is 0. The summed E-state index contributed by atoms with van der Waals surface area (Å²) in [7, 11) is 0. The van der Waals surface area contributed by atoms with Crippen molar-refractivity contribution < 1.29 is 4.79 Å². The van der Waals surface area contributed by atoms with Crippen LogP contribution in [0.1, 0.15) is 33.0 Å². The third-order valence-electron chi connectivity index (χ3n) is 5.86. The summed E-state index contributed by atoms with van der Waals surface area (Å²) in [5.74, 6) is 0.681. The van der Waals surface area contributed by atoms with Gasteiger partial charge in [-0.3, -0.25) is 4.79 Å². The largest absolute Gasteiger partial charge is 0.294 e. The molecule has 2 aliphatic rings. The van der Waals surface area contributed by atoms with Gasteiger partial charge in [-0.15, -0.1) is 0 Å². The van der Waals surface area contributed by atoms with E-state index in [-0.39, 0.29) is 11.3 Å². The van der Waals surface area contributed by atoms with E-state index in [1.165, 1.54) is 16.7 Å². The molecule has 0 unspecified atom stereocenters. The van der Waals surface area contributed by atoms with Gasteiger partial charge in [0.2, 0.25) is 0 Å². The summed E-state index contributed by atoms with van der Waals surface area (Å²) in [6, 6.07) is 29.0. The van der Waals surface area contributed by atoms with Gasteiger partial charge in [-0.05, 0) is 23.1 Å². The van der Waals surface area contributed by atoms with Crippen molar-refractivity contribution in [2.24, 2.45) is 5.92 Å². The van der Waals surface area contributed by atoms with E-state index in [4.69, 9.17) is 0 Å². The molecule has 0 bridgehead atoms. The van der Waals surface area contributed by atoms with E-state index in [9.17, 15) is 4.79 Å². The Labute approximate surface area is 142 Å². The van der Waals surface area contributed by atoms with Crippen molar-refractivity contribution in [2.75, 3.05) is 0 Å². The molecule has 1 fully saturated rings. The predicted octanol–water partition coefficient (Wildman–Crippen LogP) is 4.78. The molecule has 0 aliphatic heterocycles. The Morgan fingerprint density at radius 1 is 0.792 bits per heavy atom. The molecule has 3 aromatic carbocycles. The van der Waals surface area contributed by atoms with Crippen LogP contribution in [-0.2, 0) is 11.8 Å². The lowest BCUT2D eigenvalue weighted by Crippen LogP contribution is -2.18. The molecule has 0 aromatic heterocycles. The van der Waals surface area contributed by atoms with E-state index in [0.717, 1.165) is 12.0 Å². The second-order valence-corrected chi connectivity index (χ2v) is 6.97. The van der Waals surface area contributed by atoms with Crippen molar-refractivity contribution in [3.63, 3.8) is 0 Å². The van der Waals surface area contributed by atoms with Gasteiger partial charge in [-0.1, -0.05) is 84.9 Å². The highest BCUT2D eigenvalue weighted by Crippen LogP contribution is 2.72. The number of benzene rings is 3. The number of fused-ring (bicyclic) bond motifs is 3. The summed E-state index contributed by atoms with van der Waals surface area (Å²) in [6.07, 6.45) is 0.973. The van der Waals surface area contributed by atoms with Gasteiger partial charge in [0, 0.05) is 22.8 Å². The van der Waals surface area contributed by atoms with Crippen LogP contribution in [-0.4, -0.2) is 5.78 Å². The number of hydrogen-bond donors (Lipinski definition) is 0. The van der Waals surface area contributed by atoms with E-state index >= 15 is 0 Å². The van der Waals surface area contributed by atoms with Gasteiger partial charge in [0.25, 0.3) is 0 Å². The molecule has 0 saturated heterocycles. The third-order valence-corrected chi connectivity index (χ3v) is 5.86. The van der Waals surface area contributed by atoms with Gasteiger partial charge in [-0.2, -0.15) is 0 Å². The summed E-state index contributed by atoms with van der Waals surface area (Å²) in [5.41, 5.74) is 4.88. The maximum atomic E-state index is 13.2. The lowest BCUT2D eigenvalue weighted by atomic mass is 9.86. The normalized spacial score (nSPS) is 26.5. The molecule has 24 heavy (non-hydrogen) atoms. The van der Waals surface area contributed by atoms with E-state index in [1.807, 2.05) is 36.4 Å². The zero-order valence-electron chi connectivity index (χ0n) is 13.4. The Balaban J connectivity index is 1.63. The minimum atomic E-state index is -0.0438. The number of ketones is 1. The molecule has 0 spiro atoms. The van der Waals surface area contributed by atoms with Crippen molar-refractivity contribution in [1.29, 1.82) is 0 Å². The molecular weight excluding hydrogens is 292 g/mol. The molecule has 5 rings (SSSR count). The van der Waals surface area contributed by atoms with Crippen LogP contribution in [0.4, 0.5) is 0 Å². The first kappa shape index (κ1) is 13.7. The van der Waals surface area contributed by atoms with Crippen molar-refractivity contribution in [3.8, 4) is 0 Å². The minimum absolute atomic E-state index is 0.0438. The monoisotopic (exact) mass is 310 g/mol. The molecule has 0 amide bonds.